The molecule has 5 heteroatoms. The summed E-state index contributed by atoms with van der Waals surface area (Å²) in [6.07, 6.45) is 1.95. The number of nitrogens with zero attached hydrogens (tertiary/aromatic N) is 3. The minimum Gasteiger partial charge on any atom is -0.464 e. The number of rotatable bonds is 6. The van der Waals surface area contributed by atoms with Crippen LogP contribution < -0.4 is 4.74 Å². The third kappa shape index (κ3) is 6.08. The smallest absolute Gasteiger partial charge is 0.217 e. The lowest BCUT2D eigenvalue weighted by Gasteiger charge is -2.40. The first kappa shape index (κ1) is 35.5. The molecular formula is C47H53N3O2. The highest BCUT2D eigenvalue weighted by atomic mass is 16.5. The summed E-state index contributed by atoms with van der Waals surface area (Å²) in [6.45, 7) is 26.5. The van der Waals surface area contributed by atoms with Gasteiger partial charge in [0.25, 0.3) is 0 Å². The molecule has 2 aromatic heterocycles. The summed E-state index contributed by atoms with van der Waals surface area (Å²) in [5, 5.41) is 2.36. The van der Waals surface area contributed by atoms with E-state index >= 15 is 0 Å². The van der Waals surface area contributed by atoms with Crippen LogP contribution in [0.25, 0.3) is 27.6 Å². The number of aliphatic imine (C=N–C) groups is 1. The van der Waals surface area contributed by atoms with Crippen LogP contribution >= 0.6 is 0 Å². The van der Waals surface area contributed by atoms with Gasteiger partial charge in [0.1, 0.15) is 22.7 Å². The van der Waals surface area contributed by atoms with Gasteiger partial charge in [-0.2, -0.15) is 0 Å². The van der Waals surface area contributed by atoms with Crippen LogP contribution in [0.2, 0.25) is 0 Å². The molecule has 1 aliphatic rings. The zero-order valence-corrected chi connectivity index (χ0v) is 33.0. The van der Waals surface area contributed by atoms with Gasteiger partial charge in [-0.25, -0.2) is 9.98 Å². The lowest BCUT2D eigenvalue weighted by molar-refractivity contribution is 0.00857. The lowest BCUT2D eigenvalue weighted by atomic mass is 9.72. The molecule has 0 radical (unpaired) electrons. The normalized spacial score (nSPS) is 19.4. The molecule has 2 atom stereocenters. The highest BCUT2D eigenvalue weighted by Gasteiger charge is 2.55. The van der Waals surface area contributed by atoms with Gasteiger partial charge in [-0.15, -0.1) is 0 Å². The summed E-state index contributed by atoms with van der Waals surface area (Å²) in [5.74, 6) is 2.39. The van der Waals surface area contributed by atoms with E-state index in [2.05, 4.69) is 173 Å². The predicted octanol–water partition coefficient (Wildman–Crippen LogP) is 12.3. The highest BCUT2D eigenvalue weighted by Crippen LogP contribution is 2.49. The number of benzene rings is 4. The van der Waals surface area contributed by atoms with Crippen molar-refractivity contribution in [1.82, 2.24) is 9.55 Å². The molecule has 5 nitrogen and oxygen atoms in total. The monoisotopic (exact) mass is 691 g/mol. The fourth-order valence-electron chi connectivity index (χ4n) is 7.54. The van der Waals surface area contributed by atoms with Gasteiger partial charge in [-0.05, 0) is 121 Å². The molecule has 0 bridgehead atoms. The number of hydrogen-bond donors (Lipinski definition) is 0. The molecule has 0 spiro atoms. The van der Waals surface area contributed by atoms with Crippen LogP contribution in [-0.2, 0) is 21.2 Å². The highest BCUT2D eigenvalue weighted by molar-refractivity contribution is 6.08. The van der Waals surface area contributed by atoms with E-state index in [4.69, 9.17) is 19.5 Å². The van der Waals surface area contributed by atoms with Gasteiger partial charge in [0.2, 0.25) is 5.90 Å². The number of pyridine rings is 1. The zero-order valence-electron chi connectivity index (χ0n) is 33.0. The quantitative estimate of drug-likeness (QED) is 0.175. The predicted molar refractivity (Wildman–Crippen MR) is 217 cm³/mol. The first-order valence-electron chi connectivity index (χ1n) is 18.6. The van der Waals surface area contributed by atoms with Crippen molar-refractivity contribution in [1.29, 1.82) is 0 Å². The molecule has 0 amide bonds. The van der Waals surface area contributed by atoms with Crippen LogP contribution in [-0.4, -0.2) is 21.0 Å². The van der Waals surface area contributed by atoms with E-state index in [-0.39, 0.29) is 16.7 Å². The van der Waals surface area contributed by atoms with Crippen molar-refractivity contribution in [2.75, 3.05) is 0 Å². The van der Waals surface area contributed by atoms with Gasteiger partial charge >= 0.3 is 0 Å². The maximum absolute atomic E-state index is 6.96. The fourth-order valence-corrected chi connectivity index (χ4v) is 7.54. The third-order valence-electron chi connectivity index (χ3n) is 11.2. The summed E-state index contributed by atoms with van der Waals surface area (Å²) in [4.78, 5) is 10.3. The third-order valence-corrected chi connectivity index (χ3v) is 11.2. The summed E-state index contributed by atoms with van der Waals surface area (Å²) >= 11 is 0. The molecule has 0 aliphatic carbocycles. The minimum absolute atomic E-state index is 0.0351. The van der Waals surface area contributed by atoms with Crippen LogP contribution in [0.4, 0.5) is 0 Å². The van der Waals surface area contributed by atoms with E-state index in [0.717, 1.165) is 61.6 Å². The Morgan fingerprint density at radius 3 is 2.08 bits per heavy atom. The molecule has 7 rings (SSSR count). The summed E-state index contributed by atoms with van der Waals surface area (Å²) in [7, 11) is 0. The van der Waals surface area contributed by atoms with Crippen LogP contribution in [0.5, 0.6) is 11.5 Å². The van der Waals surface area contributed by atoms with Crippen molar-refractivity contribution in [3.05, 3.63) is 131 Å². The van der Waals surface area contributed by atoms with Gasteiger partial charge in [0.15, 0.2) is 5.60 Å². The van der Waals surface area contributed by atoms with Crippen molar-refractivity contribution in [2.24, 2.45) is 10.9 Å². The van der Waals surface area contributed by atoms with Crippen molar-refractivity contribution < 1.29 is 9.47 Å². The Balaban J connectivity index is 1.33. The average Bonchev–Trinajstić information content (AvgIpc) is 3.55. The second-order valence-electron chi connectivity index (χ2n) is 17.5. The molecule has 3 heterocycles. The maximum Gasteiger partial charge on any atom is 0.217 e. The standard InChI is InChI=1S/C47H53N3O2/c1-29(2)46(11)47(12,33-16-14-13-15-17-33)52-43(49-46)32-23-35(45(8,9)10)25-38(24-32)51-37-21-30(3)20-36(27-37)50-41-19-18-34(44(5,6)7)26-39(41)40-22-31(4)28-48-42(40)50/h13-29H,1-12H3/t46-,47-/m1/s1. The van der Waals surface area contributed by atoms with Crippen LogP contribution in [0.1, 0.15) is 103 Å². The van der Waals surface area contributed by atoms with E-state index in [1.807, 2.05) is 12.3 Å². The molecule has 0 saturated carbocycles. The number of ether oxygens (including phenoxy) is 2. The average molecular weight is 692 g/mol. The SMILES string of the molecule is Cc1cc(Oc2cc(C3=N[C@](C)(C(C)C)[C@@](C)(c4ccccc4)O3)cc(C(C)(C)C)c2)cc(-n2c3ccc(C(C)(C)C)cc3c3cc(C)cnc32)c1. The lowest BCUT2D eigenvalue weighted by Crippen LogP contribution is -2.47. The Kier molecular flexibility index (Phi) is 8.44. The summed E-state index contributed by atoms with van der Waals surface area (Å²) in [6, 6.07) is 32.4. The van der Waals surface area contributed by atoms with E-state index in [1.165, 1.54) is 10.9 Å². The minimum atomic E-state index is -0.634. The van der Waals surface area contributed by atoms with E-state index in [9.17, 15) is 0 Å². The Morgan fingerprint density at radius 2 is 1.40 bits per heavy atom. The van der Waals surface area contributed by atoms with Gasteiger partial charge in [0.05, 0.1) is 11.2 Å². The maximum atomic E-state index is 6.96. The Bertz CT molecular complexity index is 2350. The molecule has 0 saturated heterocycles. The van der Waals surface area contributed by atoms with Crippen LogP contribution in [0.3, 0.4) is 0 Å². The van der Waals surface area contributed by atoms with Gasteiger partial charge in [-0.1, -0.05) is 91.8 Å². The Hall–Kier alpha value is -4.90. The number of aromatic nitrogens is 2. The number of aryl methyl sites for hydroxylation is 2. The van der Waals surface area contributed by atoms with Crippen molar-refractivity contribution in [3.8, 4) is 17.2 Å². The molecule has 0 N–H and O–H groups in total. The second kappa shape index (κ2) is 12.4. The van der Waals surface area contributed by atoms with E-state index in [1.54, 1.807) is 0 Å². The summed E-state index contributed by atoms with van der Waals surface area (Å²) < 4.78 is 16.1. The van der Waals surface area contributed by atoms with E-state index < -0.39 is 11.1 Å². The van der Waals surface area contributed by atoms with Gasteiger partial charge < -0.3 is 9.47 Å². The molecule has 0 fully saturated rings. The molecule has 1 aliphatic heterocycles. The van der Waals surface area contributed by atoms with Crippen molar-refractivity contribution in [3.63, 3.8) is 0 Å². The van der Waals surface area contributed by atoms with Crippen LogP contribution in [0, 0.1) is 19.8 Å². The Labute approximate surface area is 309 Å². The molecule has 4 aromatic carbocycles. The first-order chi connectivity index (χ1) is 24.4. The number of hydrogen-bond acceptors (Lipinski definition) is 4. The van der Waals surface area contributed by atoms with Crippen LogP contribution in [0.15, 0.2) is 102 Å². The first-order valence-corrected chi connectivity index (χ1v) is 18.6. The van der Waals surface area contributed by atoms with Gasteiger partial charge in [0, 0.05) is 28.6 Å². The topological polar surface area (TPSA) is 48.6 Å². The second-order valence-corrected chi connectivity index (χ2v) is 17.5. The largest absolute Gasteiger partial charge is 0.464 e. The fraction of sp³-hybridized carbons (Fsp3) is 0.362. The van der Waals surface area contributed by atoms with E-state index in [0.29, 0.717) is 5.90 Å². The molecular weight excluding hydrogens is 639 g/mol. The van der Waals surface area contributed by atoms with Crippen molar-refractivity contribution >= 4 is 27.8 Å². The molecule has 0 unspecified atom stereocenters. The molecule has 268 valence electrons. The molecule has 52 heavy (non-hydrogen) atoms. The zero-order chi connectivity index (χ0) is 37.4. The Morgan fingerprint density at radius 1 is 0.712 bits per heavy atom. The van der Waals surface area contributed by atoms with Gasteiger partial charge in [-0.3, -0.25) is 4.57 Å². The molecule has 6 aromatic rings. The number of fused-ring (bicyclic) bond motifs is 3. The van der Waals surface area contributed by atoms with Crippen molar-refractivity contribution in [2.45, 2.75) is 105 Å². The summed E-state index contributed by atoms with van der Waals surface area (Å²) in [5.41, 5.74) is 8.59.